The first kappa shape index (κ1) is 20.8. The van der Waals surface area contributed by atoms with Crippen LogP contribution in [-0.2, 0) is 11.6 Å². The Labute approximate surface area is 176 Å². The van der Waals surface area contributed by atoms with Crippen molar-refractivity contribution in [1.82, 2.24) is 19.5 Å². The van der Waals surface area contributed by atoms with Gasteiger partial charge in [0.25, 0.3) is 5.91 Å². The van der Waals surface area contributed by atoms with Crippen molar-refractivity contribution in [3.63, 3.8) is 0 Å². The zero-order chi connectivity index (χ0) is 21.7. The number of aromatic nitrogens is 3. The van der Waals surface area contributed by atoms with Gasteiger partial charge in [-0.15, -0.1) is 11.3 Å². The predicted octanol–water partition coefficient (Wildman–Crippen LogP) is 5.13. The Morgan fingerprint density at radius 1 is 1.23 bits per heavy atom. The summed E-state index contributed by atoms with van der Waals surface area (Å²) in [5.41, 5.74) is -0.133. The van der Waals surface area contributed by atoms with Gasteiger partial charge in [-0.25, -0.2) is 9.50 Å². The van der Waals surface area contributed by atoms with Crippen molar-refractivity contribution in [2.45, 2.75) is 51.1 Å². The second-order valence-electron chi connectivity index (χ2n) is 8.68. The lowest BCUT2D eigenvalue weighted by molar-refractivity contribution is -0.142. The number of nitrogens with zero attached hydrogens (tertiary/aromatic N) is 4. The van der Waals surface area contributed by atoms with Crippen molar-refractivity contribution in [3.05, 3.63) is 51.6 Å². The fourth-order valence-corrected chi connectivity index (χ4v) is 4.42. The summed E-state index contributed by atoms with van der Waals surface area (Å²) in [5.74, 6) is -0.326. The Balaban J connectivity index is 1.72. The van der Waals surface area contributed by atoms with Gasteiger partial charge in [-0.1, -0.05) is 26.8 Å². The summed E-state index contributed by atoms with van der Waals surface area (Å²) in [4.78, 5) is 19.6. The van der Waals surface area contributed by atoms with Crippen LogP contribution < -0.4 is 0 Å². The molecule has 1 fully saturated rings. The summed E-state index contributed by atoms with van der Waals surface area (Å²) in [5, 5.41) is 6.02. The topological polar surface area (TPSA) is 50.5 Å². The van der Waals surface area contributed by atoms with Gasteiger partial charge in [0, 0.05) is 36.2 Å². The number of hydrogen-bond donors (Lipinski definition) is 0. The van der Waals surface area contributed by atoms with Crippen molar-refractivity contribution in [2.24, 2.45) is 0 Å². The molecule has 3 aromatic rings. The maximum absolute atomic E-state index is 13.8. The maximum Gasteiger partial charge on any atom is 0.433 e. The molecule has 0 N–H and O–H groups in total. The van der Waals surface area contributed by atoms with Crippen molar-refractivity contribution in [1.29, 1.82) is 0 Å². The van der Waals surface area contributed by atoms with E-state index in [0.29, 0.717) is 35.8 Å². The SMILES string of the molecule is CC(C)(C)c1cc2nc([C@@H]3CCCN(C(=O)c4cccs4)C3)cc(C(F)(F)F)n2n1. The number of carbonyl (C=O) groups excluding carboxylic acids is 1. The third-order valence-corrected chi connectivity index (χ3v) is 6.22. The van der Waals surface area contributed by atoms with Crippen LogP contribution in [0.15, 0.2) is 29.6 Å². The molecule has 0 radical (unpaired) electrons. The van der Waals surface area contributed by atoms with Crippen molar-refractivity contribution in [2.75, 3.05) is 13.1 Å². The van der Waals surface area contributed by atoms with Gasteiger partial charge in [-0.05, 0) is 30.4 Å². The fraction of sp³-hybridized carbons (Fsp3) is 0.476. The minimum atomic E-state index is -4.56. The molecule has 5 nitrogen and oxygen atoms in total. The maximum atomic E-state index is 13.8. The lowest BCUT2D eigenvalue weighted by Gasteiger charge is -2.32. The molecule has 0 spiro atoms. The summed E-state index contributed by atoms with van der Waals surface area (Å²) < 4.78 is 42.3. The van der Waals surface area contributed by atoms with E-state index in [4.69, 9.17) is 0 Å². The molecule has 4 rings (SSSR count). The molecule has 0 unspecified atom stereocenters. The van der Waals surface area contributed by atoms with Crippen molar-refractivity contribution < 1.29 is 18.0 Å². The van der Waals surface area contributed by atoms with Crippen LogP contribution in [0.25, 0.3) is 5.65 Å². The van der Waals surface area contributed by atoms with Gasteiger partial charge in [0.1, 0.15) is 5.69 Å². The van der Waals surface area contributed by atoms with Crippen molar-refractivity contribution >= 4 is 22.9 Å². The summed E-state index contributed by atoms with van der Waals surface area (Å²) in [6.07, 6.45) is -3.14. The Morgan fingerprint density at radius 3 is 2.63 bits per heavy atom. The molecule has 160 valence electrons. The second kappa shape index (κ2) is 7.37. The predicted molar refractivity (Wildman–Crippen MR) is 109 cm³/mol. The number of fused-ring (bicyclic) bond motifs is 1. The summed E-state index contributed by atoms with van der Waals surface area (Å²) in [6, 6.07) is 6.30. The van der Waals surface area contributed by atoms with Crippen LogP contribution in [0.2, 0.25) is 0 Å². The molecule has 4 heterocycles. The average Bonchev–Trinajstić information content (AvgIpc) is 3.35. The molecule has 1 aliphatic rings. The molecule has 1 atom stereocenters. The van der Waals surface area contributed by atoms with Crippen LogP contribution in [0, 0.1) is 0 Å². The zero-order valence-electron chi connectivity index (χ0n) is 17.0. The summed E-state index contributed by atoms with van der Waals surface area (Å²) in [6.45, 7) is 6.66. The van der Waals surface area contributed by atoms with E-state index in [1.807, 2.05) is 32.2 Å². The molecule has 0 aromatic carbocycles. The Hall–Kier alpha value is -2.42. The zero-order valence-corrected chi connectivity index (χ0v) is 17.8. The number of likely N-dealkylation sites (tertiary alicyclic amines) is 1. The largest absolute Gasteiger partial charge is 0.433 e. The lowest BCUT2D eigenvalue weighted by atomic mass is 9.92. The Morgan fingerprint density at radius 2 is 2.00 bits per heavy atom. The van der Waals surface area contributed by atoms with E-state index in [1.165, 1.54) is 11.3 Å². The molecule has 1 amide bonds. The standard InChI is InChI=1S/C21H23F3N4OS/c1-20(2,3)16-11-18-25-14(10-17(21(22,23)24)28(18)26-16)13-6-4-8-27(12-13)19(29)15-7-5-9-30-15/h5,7,9-11,13H,4,6,8,12H2,1-3H3/t13-/m1/s1. The van der Waals surface area contributed by atoms with Gasteiger partial charge >= 0.3 is 6.18 Å². The van der Waals surface area contributed by atoms with Crippen LogP contribution in [0.1, 0.15) is 66.3 Å². The van der Waals surface area contributed by atoms with E-state index in [2.05, 4.69) is 10.1 Å². The molecule has 30 heavy (non-hydrogen) atoms. The normalized spacial score (nSPS) is 18.2. The first-order valence-corrected chi connectivity index (χ1v) is 10.7. The lowest BCUT2D eigenvalue weighted by Crippen LogP contribution is -2.39. The fourth-order valence-electron chi connectivity index (χ4n) is 3.73. The highest BCUT2D eigenvalue weighted by Crippen LogP contribution is 2.35. The number of halogens is 3. The van der Waals surface area contributed by atoms with Gasteiger partial charge in [-0.2, -0.15) is 18.3 Å². The minimum absolute atomic E-state index is 0.0776. The van der Waals surface area contributed by atoms with E-state index in [0.717, 1.165) is 17.0 Å². The number of piperidine rings is 1. The molecule has 0 aliphatic carbocycles. The number of carbonyl (C=O) groups is 1. The van der Waals surface area contributed by atoms with E-state index >= 15 is 0 Å². The number of amides is 1. The minimum Gasteiger partial charge on any atom is -0.337 e. The Bertz CT molecular complexity index is 1070. The molecule has 1 saturated heterocycles. The molecule has 0 bridgehead atoms. The smallest absolute Gasteiger partial charge is 0.337 e. The average molecular weight is 437 g/mol. The Kier molecular flexibility index (Phi) is 5.12. The van der Waals surface area contributed by atoms with Gasteiger partial charge in [-0.3, -0.25) is 4.79 Å². The van der Waals surface area contributed by atoms with Gasteiger partial charge in [0.05, 0.1) is 10.6 Å². The highest BCUT2D eigenvalue weighted by molar-refractivity contribution is 7.12. The third-order valence-electron chi connectivity index (χ3n) is 5.36. The second-order valence-corrected chi connectivity index (χ2v) is 9.63. The monoisotopic (exact) mass is 436 g/mol. The van der Waals surface area contributed by atoms with Crippen molar-refractivity contribution in [3.8, 4) is 0 Å². The highest BCUT2D eigenvalue weighted by atomic mass is 32.1. The molecular weight excluding hydrogens is 413 g/mol. The summed E-state index contributed by atoms with van der Waals surface area (Å²) >= 11 is 1.37. The quantitative estimate of drug-likeness (QED) is 0.560. The van der Waals surface area contributed by atoms with Crippen LogP contribution in [0.3, 0.4) is 0 Å². The van der Waals surface area contributed by atoms with E-state index in [1.54, 1.807) is 17.0 Å². The number of thiophene rings is 1. The van der Waals surface area contributed by atoms with Gasteiger partial charge < -0.3 is 4.90 Å². The summed E-state index contributed by atoms with van der Waals surface area (Å²) in [7, 11) is 0. The molecule has 9 heteroatoms. The number of alkyl halides is 3. The molecule has 1 aliphatic heterocycles. The first-order valence-electron chi connectivity index (χ1n) is 9.85. The number of hydrogen-bond acceptors (Lipinski definition) is 4. The first-order chi connectivity index (χ1) is 14.0. The highest BCUT2D eigenvalue weighted by Gasteiger charge is 2.37. The van der Waals surface area contributed by atoms with Crippen LogP contribution in [0.4, 0.5) is 13.2 Å². The molecule has 0 saturated carbocycles. The van der Waals surface area contributed by atoms with Gasteiger partial charge in [0.15, 0.2) is 5.65 Å². The van der Waals surface area contributed by atoms with Crippen LogP contribution in [0.5, 0.6) is 0 Å². The van der Waals surface area contributed by atoms with Crippen LogP contribution >= 0.6 is 11.3 Å². The van der Waals surface area contributed by atoms with E-state index in [9.17, 15) is 18.0 Å². The van der Waals surface area contributed by atoms with E-state index in [-0.39, 0.29) is 17.5 Å². The molecule has 3 aromatic heterocycles. The van der Waals surface area contributed by atoms with Crippen LogP contribution in [-0.4, -0.2) is 38.5 Å². The van der Waals surface area contributed by atoms with Gasteiger partial charge in [0.2, 0.25) is 0 Å². The third kappa shape index (κ3) is 3.95. The van der Waals surface area contributed by atoms with E-state index < -0.39 is 17.3 Å². The molecular formula is C21H23F3N4OS. The number of rotatable bonds is 2.